The van der Waals surface area contributed by atoms with Crippen LogP contribution in [0.5, 0.6) is 0 Å². The van der Waals surface area contributed by atoms with Crippen LogP contribution in [-0.2, 0) is 9.53 Å². The second-order valence-electron chi connectivity index (χ2n) is 2.31. The van der Waals surface area contributed by atoms with Crippen LogP contribution < -0.4 is 0 Å². The first-order valence-corrected chi connectivity index (χ1v) is 4.62. The van der Waals surface area contributed by atoms with E-state index in [1.54, 1.807) is 13.8 Å². The first-order valence-electron chi connectivity index (χ1n) is 3.82. The summed E-state index contributed by atoms with van der Waals surface area (Å²) in [6, 6.07) is 0. The summed E-state index contributed by atoms with van der Waals surface area (Å²) in [4.78, 5) is 10.9. The number of halogens is 2. The summed E-state index contributed by atoms with van der Waals surface area (Å²) in [5.41, 5.74) is 0. The fourth-order valence-corrected chi connectivity index (χ4v) is 0.918. The monoisotopic (exact) mass is 254 g/mol. The Morgan fingerprint density at radius 1 is 1.85 bits per heavy atom. The van der Waals surface area contributed by atoms with Gasteiger partial charge in [-0.25, -0.2) is 9.18 Å². The van der Waals surface area contributed by atoms with E-state index >= 15 is 0 Å². The van der Waals surface area contributed by atoms with E-state index in [0.717, 1.165) is 6.08 Å². The predicted molar refractivity (Wildman–Crippen MR) is 50.2 cm³/mol. The number of carbonyl (C=O) groups is 1. The number of ether oxygens (including phenoxy) is 1. The number of hydrogen-bond donors (Lipinski definition) is 1. The van der Waals surface area contributed by atoms with Crippen molar-refractivity contribution in [1.29, 1.82) is 0 Å². The molecule has 0 amide bonds. The van der Waals surface area contributed by atoms with Gasteiger partial charge < -0.3 is 9.84 Å². The molecule has 0 fully saturated rings. The van der Waals surface area contributed by atoms with Crippen LogP contribution in [0.1, 0.15) is 13.8 Å². The normalized spacial score (nSPS) is 18.2. The van der Waals surface area contributed by atoms with Crippen LogP contribution in [-0.4, -0.2) is 28.4 Å². The topological polar surface area (TPSA) is 46.5 Å². The van der Waals surface area contributed by atoms with Gasteiger partial charge in [-0.1, -0.05) is 12.2 Å². The van der Waals surface area contributed by atoms with Gasteiger partial charge in [0, 0.05) is 0 Å². The standard InChI is InChI=1S/C8H12BrFO3/c1-3-5-6(11)8(9,10)7(12)13-4-2/h3,5-6,11H,4H2,1-2H3/t6-,8-/m0/s1. The highest BCUT2D eigenvalue weighted by molar-refractivity contribution is 9.10. The molecule has 0 aliphatic heterocycles. The van der Waals surface area contributed by atoms with Crippen molar-refractivity contribution in [3.63, 3.8) is 0 Å². The zero-order valence-corrected chi connectivity index (χ0v) is 9.04. The van der Waals surface area contributed by atoms with Crippen LogP contribution >= 0.6 is 15.9 Å². The van der Waals surface area contributed by atoms with Gasteiger partial charge in [0.1, 0.15) is 6.10 Å². The molecule has 0 bridgehead atoms. The maximum atomic E-state index is 13.4. The summed E-state index contributed by atoms with van der Waals surface area (Å²) in [5.74, 6) is -1.12. The number of carbonyl (C=O) groups excluding carboxylic acids is 1. The smallest absolute Gasteiger partial charge is 0.358 e. The van der Waals surface area contributed by atoms with E-state index in [1.807, 2.05) is 0 Å². The van der Waals surface area contributed by atoms with Gasteiger partial charge >= 0.3 is 5.97 Å². The zero-order chi connectivity index (χ0) is 10.5. The Balaban J connectivity index is 4.44. The van der Waals surface area contributed by atoms with Gasteiger partial charge in [-0.05, 0) is 29.8 Å². The summed E-state index contributed by atoms with van der Waals surface area (Å²) in [6.07, 6.45) is 1.06. The molecule has 13 heavy (non-hydrogen) atoms. The Hall–Kier alpha value is -0.420. The lowest BCUT2D eigenvalue weighted by molar-refractivity contribution is -0.154. The third-order valence-corrected chi connectivity index (χ3v) is 2.09. The van der Waals surface area contributed by atoms with Crippen molar-refractivity contribution >= 4 is 21.9 Å². The number of aliphatic hydroxyl groups excluding tert-OH is 1. The number of alkyl halides is 2. The average molecular weight is 255 g/mol. The lowest BCUT2D eigenvalue weighted by atomic mass is 10.2. The molecule has 76 valence electrons. The van der Waals surface area contributed by atoms with Gasteiger partial charge in [0.25, 0.3) is 4.58 Å². The van der Waals surface area contributed by atoms with Gasteiger partial charge in [0.2, 0.25) is 0 Å². The predicted octanol–water partition coefficient (Wildman–Crippen LogP) is 1.55. The van der Waals surface area contributed by atoms with Gasteiger partial charge in [-0.2, -0.15) is 0 Å². The lowest BCUT2D eigenvalue weighted by Gasteiger charge is -2.19. The maximum Gasteiger partial charge on any atom is 0.358 e. The second kappa shape index (κ2) is 5.34. The highest BCUT2D eigenvalue weighted by Gasteiger charge is 2.43. The summed E-state index contributed by atoms with van der Waals surface area (Å²) in [7, 11) is 0. The molecule has 0 aliphatic carbocycles. The van der Waals surface area contributed by atoms with Crippen molar-refractivity contribution in [2.24, 2.45) is 0 Å². The molecule has 3 nitrogen and oxygen atoms in total. The van der Waals surface area contributed by atoms with Gasteiger partial charge in [0.15, 0.2) is 0 Å². The minimum absolute atomic E-state index is 0.0681. The SMILES string of the molecule is CC=C[C@H](O)[C@@](F)(Br)C(=O)OCC. The summed E-state index contributed by atoms with van der Waals surface area (Å²) in [6.45, 7) is 3.24. The molecule has 0 aliphatic rings. The molecule has 0 saturated carbocycles. The Bertz CT molecular complexity index is 204. The van der Waals surface area contributed by atoms with Crippen molar-refractivity contribution in [3.8, 4) is 0 Å². The fraction of sp³-hybridized carbons (Fsp3) is 0.625. The van der Waals surface area contributed by atoms with E-state index in [0.29, 0.717) is 0 Å². The summed E-state index contributed by atoms with van der Waals surface area (Å²) < 4.78 is 15.3. The van der Waals surface area contributed by atoms with Gasteiger partial charge in [0.05, 0.1) is 6.61 Å². The third-order valence-electron chi connectivity index (χ3n) is 1.29. The number of esters is 1. The summed E-state index contributed by atoms with van der Waals surface area (Å²) in [5, 5.41) is 9.16. The van der Waals surface area contributed by atoms with Crippen molar-refractivity contribution in [1.82, 2.24) is 0 Å². The molecule has 2 atom stereocenters. The van der Waals surface area contributed by atoms with Crippen LogP contribution in [0.25, 0.3) is 0 Å². The first kappa shape index (κ1) is 12.6. The number of aliphatic hydroxyl groups is 1. The Morgan fingerprint density at radius 2 is 2.38 bits per heavy atom. The van der Waals surface area contributed by atoms with E-state index in [2.05, 4.69) is 20.7 Å². The average Bonchev–Trinajstić information content (AvgIpc) is 2.05. The van der Waals surface area contributed by atoms with Crippen molar-refractivity contribution in [2.45, 2.75) is 24.5 Å². The molecule has 0 aromatic rings. The lowest BCUT2D eigenvalue weighted by Crippen LogP contribution is -2.40. The van der Waals surface area contributed by atoms with Crippen molar-refractivity contribution in [2.75, 3.05) is 6.61 Å². The molecule has 0 rings (SSSR count). The zero-order valence-electron chi connectivity index (χ0n) is 7.46. The van der Waals surface area contributed by atoms with E-state index in [1.165, 1.54) is 6.08 Å². The molecular formula is C8H12BrFO3. The molecule has 0 unspecified atom stereocenters. The molecule has 0 saturated heterocycles. The molecule has 0 heterocycles. The molecular weight excluding hydrogens is 243 g/mol. The van der Waals surface area contributed by atoms with E-state index < -0.39 is 16.7 Å². The van der Waals surface area contributed by atoms with Crippen LogP contribution in [0.3, 0.4) is 0 Å². The number of allylic oxidation sites excluding steroid dienone is 1. The van der Waals surface area contributed by atoms with E-state index in [4.69, 9.17) is 5.11 Å². The minimum Gasteiger partial charge on any atom is -0.463 e. The highest BCUT2D eigenvalue weighted by atomic mass is 79.9. The number of hydrogen-bond acceptors (Lipinski definition) is 3. The van der Waals surface area contributed by atoms with Crippen LogP contribution in [0, 0.1) is 0 Å². The van der Waals surface area contributed by atoms with Crippen LogP contribution in [0.2, 0.25) is 0 Å². The van der Waals surface area contributed by atoms with Gasteiger partial charge in [-0.15, -0.1) is 0 Å². The van der Waals surface area contributed by atoms with Crippen molar-refractivity contribution < 1.29 is 19.0 Å². The maximum absolute atomic E-state index is 13.4. The highest BCUT2D eigenvalue weighted by Crippen LogP contribution is 2.27. The third kappa shape index (κ3) is 3.44. The molecule has 0 spiro atoms. The summed E-state index contributed by atoms with van der Waals surface area (Å²) >= 11 is 2.47. The Morgan fingerprint density at radius 3 is 2.77 bits per heavy atom. The van der Waals surface area contributed by atoms with Crippen LogP contribution in [0.15, 0.2) is 12.2 Å². The second-order valence-corrected chi connectivity index (χ2v) is 3.47. The molecule has 5 heteroatoms. The van der Waals surface area contributed by atoms with E-state index in [-0.39, 0.29) is 6.61 Å². The van der Waals surface area contributed by atoms with Crippen LogP contribution in [0.4, 0.5) is 4.39 Å². The quantitative estimate of drug-likeness (QED) is 0.471. The molecule has 1 N–H and O–H groups in total. The molecule has 0 aromatic heterocycles. The molecule has 0 radical (unpaired) electrons. The van der Waals surface area contributed by atoms with Gasteiger partial charge in [-0.3, -0.25) is 0 Å². The van der Waals surface area contributed by atoms with E-state index in [9.17, 15) is 9.18 Å². The Kier molecular flexibility index (Phi) is 5.17. The fourth-order valence-electron chi connectivity index (χ4n) is 0.651. The number of rotatable bonds is 4. The van der Waals surface area contributed by atoms with Crippen molar-refractivity contribution in [3.05, 3.63) is 12.2 Å². The Labute approximate surface area is 84.7 Å². The minimum atomic E-state index is -2.56. The first-order chi connectivity index (χ1) is 5.96. The largest absolute Gasteiger partial charge is 0.463 e. The molecule has 0 aromatic carbocycles.